The Bertz CT molecular complexity index is 2450. The van der Waals surface area contributed by atoms with Gasteiger partial charge in [-0.3, -0.25) is 9.36 Å². The van der Waals surface area contributed by atoms with Crippen molar-refractivity contribution in [3.05, 3.63) is 152 Å². The third kappa shape index (κ3) is 12.1. The average Bonchev–Trinajstić information content (AvgIpc) is 3.80. The number of aromatic nitrogens is 4. The minimum Gasteiger partial charge on any atom is -0.264 e. The van der Waals surface area contributed by atoms with Gasteiger partial charge in [-0.1, -0.05) is 110 Å². The number of hydrogen-bond donors (Lipinski definition) is 2. The van der Waals surface area contributed by atoms with Crippen molar-refractivity contribution in [1.29, 1.82) is 0 Å². The Hall–Kier alpha value is -3.92. The maximum atomic E-state index is 12.8. The number of nitrogens with one attached hydrogen (secondary N) is 2. The highest BCUT2D eigenvalue weighted by Crippen LogP contribution is 2.31. The molecule has 0 unspecified atom stereocenters. The molecular formula is C46H56N6O4S4. The van der Waals surface area contributed by atoms with E-state index in [9.17, 15) is 16.8 Å². The van der Waals surface area contributed by atoms with E-state index in [-0.39, 0.29) is 12.1 Å². The lowest BCUT2D eigenvalue weighted by Gasteiger charge is -2.27. The van der Waals surface area contributed by atoms with E-state index in [1.165, 1.54) is 46.9 Å². The molecule has 0 amide bonds. The smallest absolute Gasteiger partial charge is 0.234 e. The van der Waals surface area contributed by atoms with Crippen LogP contribution in [0.2, 0.25) is 0 Å². The second-order valence-electron chi connectivity index (χ2n) is 15.8. The molecule has 5 aromatic rings. The topological polar surface area (TPSA) is 128 Å². The maximum Gasteiger partial charge on any atom is 0.234 e. The lowest BCUT2D eigenvalue weighted by molar-refractivity contribution is 0.303. The van der Waals surface area contributed by atoms with Gasteiger partial charge in [-0.25, -0.2) is 26.3 Å². The van der Waals surface area contributed by atoms with Gasteiger partial charge in [0.05, 0.1) is 30.2 Å². The van der Waals surface area contributed by atoms with Gasteiger partial charge < -0.3 is 0 Å². The van der Waals surface area contributed by atoms with Gasteiger partial charge in [0, 0.05) is 57.6 Å². The molecule has 0 saturated heterocycles. The fraction of sp³-hybridized carbons (Fsp3) is 0.391. The predicted octanol–water partition coefficient (Wildman–Crippen LogP) is 8.95. The highest BCUT2D eigenvalue weighted by atomic mass is 32.2. The molecule has 1 saturated carbocycles. The maximum absolute atomic E-state index is 12.8. The lowest BCUT2D eigenvalue weighted by Crippen LogP contribution is -2.37. The van der Waals surface area contributed by atoms with Crippen LogP contribution < -0.4 is 9.44 Å². The van der Waals surface area contributed by atoms with Gasteiger partial charge in [-0.2, -0.15) is 33.7 Å². The zero-order valence-electron chi connectivity index (χ0n) is 34.4. The fourth-order valence-electron chi connectivity index (χ4n) is 8.12. The van der Waals surface area contributed by atoms with Gasteiger partial charge in [0.25, 0.3) is 0 Å². The number of fused-ring (bicyclic) bond motifs is 2. The van der Waals surface area contributed by atoms with Crippen LogP contribution in [0.1, 0.15) is 103 Å². The molecule has 1 fully saturated rings. The molecule has 2 aromatic heterocycles. The molecule has 8 rings (SSSR count). The number of aryl methyl sites for hydroxylation is 1. The number of rotatable bonds is 14. The summed E-state index contributed by atoms with van der Waals surface area (Å²) in [6.45, 7) is 5.18. The van der Waals surface area contributed by atoms with Crippen LogP contribution in [0, 0.1) is 5.92 Å². The van der Waals surface area contributed by atoms with Crippen molar-refractivity contribution >= 4 is 55.7 Å². The number of hydrogen-bond acceptors (Lipinski definition) is 8. The minimum atomic E-state index is -3.59. The molecule has 2 atom stereocenters. The largest absolute Gasteiger partial charge is 0.264 e. The van der Waals surface area contributed by atoms with Crippen LogP contribution in [-0.2, 0) is 57.5 Å². The van der Waals surface area contributed by atoms with Crippen molar-refractivity contribution in [3.63, 3.8) is 0 Å². The number of sulfonamides is 2. The van der Waals surface area contributed by atoms with E-state index in [2.05, 4.69) is 33.7 Å². The average molecular weight is 885 g/mol. The molecule has 4 heterocycles. The highest BCUT2D eigenvalue weighted by Gasteiger charge is 2.25. The highest BCUT2D eigenvalue weighted by molar-refractivity contribution is 7.98. The first-order valence-electron chi connectivity index (χ1n) is 20.9. The van der Waals surface area contributed by atoms with Gasteiger partial charge in [0.2, 0.25) is 20.0 Å². The molecule has 2 N–H and O–H groups in total. The van der Waals surface area contributed by atoms with Crippen LogP contribution in [0.5, 0.6) is 0 Å². The summed E-state index contributed by atoms with van der Waals surface area (Å²) < 4.78 is 60.4. The Balaban J connectivity index is 0.000000181. The molecule has 60 heavy (non-hydrogen) atoms. The molecule has 3 aromatic carbocycles. The van der Waals surface area contributed by atoms with Crippen LogP contribution in [-0.4, -0.2) is 53.9 Å². The Labute approximate surface area is 364 Å². The van der Waals surface area contributed by atoms with E-state index >= 15 is 0 Å². The molecule has 10 nitrogen and oxygen atoms in total. The van der Waals surface area contributed by atoms with Crippen LogP contribution in [0.25, 0.3) is 12.2 Å². The summed E-state index contributed by atoms with van der Waals surface area (Å²) in [5.74, 6) is 4.31. The van der Waals surface area contributed by atoms with Crippen molar-refractivity contribution in [2.45, 2.75) is 95.5 Å². The second kappa shape index (κ2) is 20.8. The molecule has 2 aliphatic heterocycles. The zero-order chi connectivity index (χ0) is 42.0. The van der Waals surface area contributed by atoms with E-state index in [1.807, 2.05) is 113 Å². The Morgan fingerprint density at radius 1 is 0.683 bits per heavy atom. The molecular weight excluding hydrogens is 829 g/mol. The third-order valence-corrected chi connectivity index (χ3v) is 15.7. The van der Waals surface area contributed by atoms with Crippen molar-refractivity contribution in [2.75, 3.05) is 11.5 Å². The number of thioether (sulfide) groups is 2. The van der Waals surface area contributed by atoms with Crippen molar-refractivity contribution < 1.29 is 16.8 Å². The summed E-state index contributed by atoms with van der Waals surface area (Å²) in [5.41, 5.74) is 9.55. The standard InChI is InChI=1S/C23H25N3O2S2.C23H31N3O2S2/c1-18(20-10-6-3-7-11-20)25-30(27,28)15-13-22-21-17-29-14-12-23(21)26(24-22)16-19-8-4-2-5-9-19;1-18(20-10-6-3-7-11-20)25-30(27,28)15-13-23-21-17-29-14-12-22(21)24-26(23)16-19-8-4-2-5-9-19/h2-11,13,15,18,25H,12,14,16-17H2,1H3;2,4-5,8-9,13,15,18,20,25H,3,6-7,10-12,14,16-17H2,1H3/b2*15-13+/t2*18-/m10/s1. The Kier molecular flexibility index (Phi) is 15.3. The normalized spacial score (nSPS) is 17.2. The van der Waals surface area contributed by atoms with Crippen molar-refractivity contribution in [3.8, 4) is 0 Å². The van der Waals surface area contributed by atoms with Crippen LogP contribution in [0.15, 0.2) is 102 Å². The first kappa shape index (κ1) is 44.1. The second-order valence-corrected chi connectivity index (χ2v) is 21.2. The van der Waals surface area contributed by atoms with E-state index in [1.54, 1.807) is 12.2 Å². The molecule has 0 bridgehead atoms. The van der Waals surface area contributed by atoms with E-state index < -0.39 is 20.0 Å². The van der Waals surface area contributed by atoms with Gasteiger partial charge in [0.1, 0.15) is 0 Å². The molecule has 0 spiro atoms. The van der Waals surface area contributed by atoms with E-state index in [0.717, 1.165) is 82.5 Å². The summed E-state index contributed by atoms with van der Waals surface area (Å²) in [7, 11) is -7.09. The van der Waals surface area contributed by atoms with Crippen molar-refractivity contribution in [1.82, 2.24) is 29.0 Å². The SMILES string of the molecule is C[C@@H](NS(=O)(=O)/C=C/c1nn(Cc2ccccc2)c2c1CSCC2)c1ccccc1.C[C@H](NS(=O)(=O)/C=C/c1c2c(nn1Cc1ccccc1)CCSC2)C1CCCCC1. The number of nitrogens with zero attached hydrogens (tertiary/aromatic N) is 4. The summed E-state index contributed by atoms with van der Waals surface area (Å²) in [4.78, 5) is 0. The molecule has 0 radical (unpaired) electrons. The van der Waals surface area contributed by atoms with Crippen LogP contribution in [0.3, 0.4) is 0 Å². The Morgan fingerprint density at radius 3 is 1.92 bits per heavy atom. The van der Waals surface area contributed by atoms with Gasteiger partial charge in [-0.15, -0.1) is 0 Å². The predicted molar refractivity (Wildman–Crippen MR) is 248 cm³/mol. The third-order valence-electron chi connectivity index (χ3n) is 11.3. The lowest BCUT2D eigenvalue weighted by atomic mass is 9.85. The first-order valence-corrected chi connectivity index (χ1v) is 26.3. The van der Waals surface area contributed by atoms with E-state index in [4.69, 9.17) is 10.2 Å². The van der Waals surface area contributed by atoms with Gasteiger partial charge >= 0.3 is 0 Å². The molecule has 3 aliphatic rings. The zero-order valence-corrected chi connectivity index (χ0v) is 37.7. The van der Waals surface area contributed by atoms with E-state index in [0.29, 0.717) is 19.0 Å². The Morgan fingerprint density at radius 2 is 1.25 bits per heavy atom. The summed E-state index contributed by atoms with van der Waals surface area (Å²) >= 11 is 3.74. The van der Waals surface area contributed by atoms with Gasteiger partial charge in [-0.05, 0) is 79.4 Å². The monoisotopic (exact) mass is 884 g/mol. The first-order chi connectivity index (χ1) is 29.0. The van der Waals surface area contributed by atoms with Gasteiger partial charge in [0.15, 0.2) is 0 Å². The van der Waals surface area contributed by atoms with Crippen LogP contribution >= 0.6 is 23.5 Å². The van der Waals surface area contributed by atoms with Crippen LogP contribution in [0.4, 0.5) is 0 Å². The quantitative estimate of drug-likeness (QED) is 0.113. The summed E-state index contributed by atoms with van der Waals surface area (Å²) in [6, 6.07) is 29.6. The van der Waals surface area contributed by atoms with Crippen molar-refractivity contribution in [2.24, 2.45) is 5.92 Å². The summed E-state index contributed by atoms with van der Waals surface area (Å²) in [6.07, 6.45) is 11.2. The molecule has 1 aliphatic carbocycles. The molecule has 318 valence electrons. The fourth-order valence-corrected chi connectivity index (χ4v) is 12.2. The summed E-state index contributed by atoms with van der Waals surface area (Å²) in [5, 5.41) is 12.1. The number of benzene rings is 3. The molecule has 14 heteroatoms. The minimum absolute atomic E-state index is 0.0290.